The standard InChI is InChI=1S/C22H20O3/c1-24-16-11-12-20(23)15(14-16)10-13-22-19-7-3-2-6-17(19)18-8-4-5-9-21(18)25-22/h2-9,11-12,14,22-23H,10,13H2,1H3. The summed E-state index contributed by atoms with van der Waals surface area (Å²) in [4.78, 5) is 0. The third-order valence-electron chi connectivity index (χ3n) is 4.72. The van der Waals surface area contributed by atoms with Crippen LogP contribution < -0.4 is 9.47 Å². The van der Waals surface area contributed by atoms with Crippen molar-refractivity contribution < 1.29 is 14.6 Å². The van der Waals surface area contributed by atoms with Crippen LogP contribution >= 0.6 is 0 Å². The van der Waals surface area contributed by atoms with Crippen LogP contribution in [0.25, 0.3) is 11.1 Å². The van der Waals surface area contributed by atoms with E-state index in [2.05, 4.69) is 24.3 Å². The number of rotatable bonds is 4. The van der Waals surface area contributed by atoms with Gasteiger partial charge in [-0.05, 0) is 48.2 Å². The zero-order chi connectivity index (χ0) is 17.2. The van der Waals surface area contributed by atoms with Gasteiger partial charge in [0, 0.05) is 11.1 Å². The van der Waals surface area contributed by atoms with Crippen molar-refractivity contribution in [2.45, 2.75) is 18.9 Å². The first-order valence-electron chi connectivity index (χ1n) is 8.47. The number of aryl methyl sites for hydroxylation is 1. The van der Waals surface area contributed by atoms with Crippen LogP contribution in [-0.2, 0) is 6.42 Å². The van der Waals surface area contributed by atoms with Crippen molar-refractivity contribution >= 4 is 0 Å². The summed E-state index contributed by atoms with van der Waals surface area (Å²) < 4.78 is 11.5. The Labute approximate surface area is 147 Å². The average molecular weight is 332 g/mol. The lowest BCUT2D eigenvalue weighted by Gasteiger charge is -2.29. The summed E-state index contributed by atoms with van der Waals surface area (Å²) in [6.07, 6.45) is 1.47. The van der Waals surface area contributed by atoms with Gasteiger partial charge in [-0.3, -0.25) is 0 Å². The van der Waals surface area contributed by atoms with Crippen LogP contribution in [-0.4, -0.2) is 12.2 Å². The summed E-state index contributed by atoms with van der Waals surface area (Å²) in [5.74, 6) is 1.97. The summed E-state index contributed by atoms with van der Waals surface area (Å²) in [5, 5.41) is 10.1. The lowest BCUT2D eigenvalue weighted by molar-refractivity contribution is 0.191. The highest BCUT2D eigenvalue weighted by Gasteiger charge is 2.25. The van der Waals surface area contributed by atoms with Crippen molar-refractivity contribution in [2.75, 3.05) is 7.11 Å². The van der Waals surface area contributed by atoms with Gasteiger partial charge in [0.05, 0.1) is 7.11 Å². The highest BCUT2D eigenvalue weighted by molar-refractivity contribution is 5.75. The van der Waals surface area contributed by atoms with E-state index in [1.165, 1.54) is 11.1 Å². The van der Waals surface area contributed by atoms with Gasteiger partial charge in [-0.2, -0.15) is 0 Å². The minimum absolute atomic E-state index is 0.0308. The molecule has 25 heavy (non-hydrogen) atoms. The number of benzene rings is 3. The molecule has 0 radical (unpaired) electrons. The van der Waals surface area contributed by atoms with E-state index in [-0.39, 0.29) is 6.10 Å². The van der Waals surface area contributed by atoms with Crippen molar-refractivity contribution in [2.24, 2.45) is 0 Å². The number of hydrogen-bond acceptors (Lipinski definition) is 3. The zero-order valence-electron chi connectivity index (χ0n) is 14.1. The summed E-state index contributed by atoms with van der Waals surface area (Å²) in [6.45, 7) is 0. The van der Waals surface area contributed by atoms with Gasteiger partial charge < -0.3 is 14.6 Å². The van der Waals surface area contributed by atoms with Gasteiger partial charge in [-0.25, -0.2) is 0 Å². The molecular weight excluding hydrogens is 312 g/mol. The zero-order valence-corrected chi connectivity index (χ0v) is 14.1. The SMILES string of the molecule is COc1ccc(O)c(CCC2Oc3ccccc3-c3ccccc32)c1. The molecule has 3 heteroatoms. The molecule has 3 aromatic rings. The smallest absolute Gasteiger partial charge is 0.128 e. The molecule has 0 aliphatic carbocycles. The van der Waals surface area contributed by atoms with Crippen LogP contribution in [0, 0.1) is 0 Å². The second-order valence-corrected chi connectivity index (χ2v) is 6.22. The van der Waals surface area contributed by atoms with Crippen molar-refractivity contribution in [3.63, 3.8) is 0 Å². The van der Waals surface area contributed by atoms with Gasteiger partial charge in [-0.1, -0.05) is 42.5 Å². The van der Waals surface area contributed by atoms with Gasteiger partial charge in [0.2, 0.25) is 0 Å². The molecule has 126 valence electrons. The Balaban J connectivity index is 1.62. The minimum Gasteiger partial charge on any atom is -0.508 e. The second kappa shape index (κ2) is 6.52. The Hall–Kier alpha value is -2.94. The lowest BCUT2D eigenvalue weighted by atomic mass is 9.90. The van der Waals surface area contributed by atoms with Gasteiger partial charge in [0.1, 0.15) is 23.4 Å². The van der Waals surface area contributed by atoms with E-state index >= 15 is 0 Å². The third kappa shape index (κ3) is 2.93. The third-order valence-corrected chi connectivity index (χ3v) is 4.72. The topological polar surface area (TPSA) is 38.7 Å². The van der Waals surface area contributed by atoms with Crippen molar-refractivity contribution in [3.8, 4) is 28.4 Å². The number of ether oxygens (including phenoxy) is 2. The van der Waals surface area contributed by atoms with E-state index in [0.717, 1.165) is 29.0 Å². The molecule has 1 aliphatic rings. The highest BCUT2D eigenvalue weighted by Crippen LogP contribution is 2.43. The van der Waals surface area contributed by atoms with E-state index in [4.69, 9.17) is 9.47 Å². The molecule has 1 atom stereocenters. The van der Waals surface area contributed by atoms with Gasteiger partial charge in [0.15, 0.2) is 0 Å². The number of phenolic OH excluding ortho intramolecular Hbond substituents is 1. The second-order valence-electron chi connectivity index (χ2n) is 6.22. The predicted molar refractivity (Wildman–Crippen MR) is 98.2 cm³/mol. The van der Waals surface area contributed by atoms with Gasteiger partial charge in [-0.15, -0.1) is 0 Å². The summed E-state index contributed by atoms with van der Waals surface area (Å²) in [5.41, 5.74) is 4.44. The van der Waals surface area contributed by atoms with E-state index in [1.807, 2.05) is 30.3 Å². The van der Waals surface area contributed by atoms with Crippen molar-refractivity contribution in [1.82, 2.24) is 0 Å². The largest absolute Gasteiger partial charge is 0.508 e. The first kappa shape index (κ1) is 15.6. The summed E-state index contributed by atoms with van der Waals surface area (Å²) in [6, 6.07) is 21.9. The number of fused-ring (bicyclic) bond motifs is 3. The predicted octanol–water partition coefficient (Wildman–Crippen LogP) is 5.13. The summed E-state index contributed by atoms with van der Waals surface area (Å²) >= 11 is 0. The molecular formula is C22H20O3. The number of methoxy groups -OCH3 is 1. The number of phenols is 1. The van der Waals surface area contributed by atoms with Gasteiger partial charge in [0.25, 0.3) is 0 Å². The Kier molecular flexibility index (Phi) is 4.06. The fourth-order valence-corrected chi connectivity index (χ4v) is 3.42. The average Bonchev–Trinajstić information content (AvgIpc) is 2.67. The van der Waals surface area contributed by atoms with Crippen LogP contribution in [0.2, 0.25) is 0 Å². The molecule has 1 heterocycles. The maximum atomic E-state index is 10.1. The first-order chi connectivity index (χ1) is 12.3. The van der Waals surface area contributed by atoms with Crippen molar-refractivity contribution in [3.05, 3.63) is 77.9 Å². The van der Waals surface area contributed by atoms with Gasteiger partial charge >= 0.3 is 0 Å². The molecule has 1 unspecified atom stereocenters. The lowest BCUT2D eigenvalue weighted by Crippen LogP contribution is -2.15. The first-order valence-corrected chi connectivity index (χ1v) is 8.47. The van der Waals surface area contributed by atoms with Crippen LogP contribution in [0.3, 0.4) is 0 Å². The van der Waals surface area contributed by atoms with E-state index in [9.17, 15) is 5.11 Å². The highest BCUT2D eigenvalue weighted by atomic mass is 16.5. The molecule has 0 amide bonds. The molecule has 0 fully saturated rings. The Morgan fingerprint density at radius 3 is 2.56 bits per heavy atom. The molecule has 4 rings (SSSR count). The fraction of sp³-hybridized carbons (Fsp3) is 0.182. The van der Waals surface area contributed by atoms with Crippen LogP contribution in [0.15, 0.2) is 66.7 Å². The fourth-order valence-electron chi connectivity index (χ4n) is 3.42. The molecule has 0 bridgehead atoms. The monoisotopic (exact) mass is 332 g/mol. The minimum atomic E-state index is -0.0308. The van der Waals surface area contributed by atoms with E-state index in [1.54, 1.807) is 19.2 Å². The molecule has 3 aromatic carbocycles. The Morgan fingerprint density at radius 1 is 0.960 bits per heavy atom. The quantitative estimate of drug-likeness (QED) is 0.719. The number of para-hydroxylation sites is 1. The number of hydrogen-bond donors (Lipinski definition) is 1. The molecule has 1 N–H and O–H groups in total. The molecule has 0 aromatic heterocycles. The van der Waals surface area contributed by atoms with Crippen LogP contribution in [0.1, 0.15) is 23.7 Å². The molecule has 0 spiro atoms. The van der Waals surface area contributed by atoms with Crippen molar-refractivity contribution in [1.29, 1.82) is 0 Å². The molecule has 0 saturated heterocycles. The summed E-state index contributed by atoms with van der Waals surface area (Å²) in [7, 11) is 1.63. The molecule has 3 nitrogen and oxygen atoms in total. The van der Waals surface area contributed by atoms with Crippen LogP contribution in [0.4, 0.5) is 0 Å². The van der Waals surface area contributed by atoms with E-state index < -0.39 is 0 Å². The Bertz CT molecular complexity index is 901. The van der Waals surface area contributed by atoms with E-state index in [0.29, 0.717) is 12.2 Å². The van der Waals surface area contributed by atoms with Crippen LogP contribution in [0.5, 0.6) is 17.2 Å². The maximum absolute atomic E-state index is 10.1. The Morgan fingerprint density at radius 2 is 1.72 bits per heavy atom. The molecule has 0 saturated carbocycles. The number of aromatic hydroxyl groups is 1. The normalized spacial score (nSPS) is 15.0. The maximum Gasteiger partial charge on any atom is 0.128 e. The molecule has 1 aliphatic heterocycles.